The van der Waals surface area contributed by atoms with Crippen molar-refractivity contribution < 1.29 is 10.0 Å². The average Bonchev–Trinajstić information content (AvgIpc) is 2.14. The van der Waals surface area contributed by atoms with Crippen LogP contribution in [0.25, 0.3) is 0 Å². The van der Waals surface area contributed by atoms with Crippen molar-refractivity contribution in [1.29, 1.82) is 0 Å². The summed E-state index contributed by atoms with van der Waals surface area (Å²) in [7, 11) is 0. The van der Waals surface area contributed by atoms with Crippen LogP contribution in [-0.2, 0) is 0 Å². The summed E-state index contributed by atoms with van der Waals surface area (Å²) in [5.41, 5.74) is -0.190. The third-order valence-corrected chi connectivity index (χ3v) is 1.66. The Morgan fingerprint density at radius 1 is 1.60 bits per heavy atom. The van der Waals surface area contributed by atoms with Crippen molar-refractivity contribution in [1.82, 2.24) is 4.98 Å². The van der Waals surface area contributed by atoms with E-state index in [2.05, 4.69) is 10.3 Å². The first kappa shape index (κ1) is 11.4. The molecule has 1 aromatic rings. The largest absolute Gasteiger partial charge is 0.389 e. The van der Waals surface area contributed by atoms with E-state index in [0.29, 0.717) is 12.2 Å². The minimum Gasteiger partial charge on any atom is -0.389 e. The molecule has 0 aliphatic rings. The molecule has 0 fully saturated rings. The topological polar surface area (TPSA) is 88.3 Å². The average molecular weight is 211 g/mol. The van der Waals surface area contributed by atoms with Gasteiger partial charge in [0.1, 0.15) is 0 Å². The van der Waals surface area contributed by atoms with Gasteiger partial charge < -0.3 is 20.5 Å². The van der Waals surface area contributed by atoms with Gasteiger partial charge >= 0.3 is 5.82 Å². The van der Waals surface area contributed by atoms with Crippen LogP contribution in [-0.4, -0.2) is 27.2 Å². The fourth-order valence-electron chi connectivity index (χ4n) is 0.917. The van der Waals surface area contributed by atoms with Crippen LogP contribution >= 0.6 is 0 Å². The first-order valence-corrected chi connectivity index (χ1v) is 4.45. The maximum atomic E-state index is 10.3. The summed E-state index contributed by atoms with van der Waals surface area (Å²) in [6, 6.07) is 2.86. The molecule has 0 saturated carbocycles. The van der Waals surface area contributed by atoms with Crippen LogP contribution in [0.4, 0.5) is 11.5 Å². The van der Waals surface area contributed by atoms with E-state index in [1.54, 1.807) is 19.9 Å². The van der Waals surface area contributed by atoms with E-state index < -0.39 is 10.5 Å². The van der Waals surface area contributed by atoms with Crippen molar-refractivity contribution in [3.05, 3.63) is 28.4 Å². The monoisotopic (exact) mass is 211 g/mol. The highest BCUT2D eigenvalue weighted by atomic mass is 16.6. The molecule has 82 valence electrons. The third-order valence-electron chi connectivity index (χ3n) is 1.66. The Bertz CT molecular complexity index is 343. The molecular weight excluding hydrogens is 198 g/mol. The number of pyridine rings is 1. The highest BCUT2D eigenvalue weighted by Gasteiger charge is 2.12. The maximum Gasteiger partial charge on any atom is 0.363 e. The fourth-order valence-corrected chi connectivity index (χ4v) is 0.917. The Morgan fingerprint density at radius 2 is 2.27 bits per heavy atom. The summed E-state index contributed by atoms with van der Waals surface area (Å²) in [6.45, 7) is 3.68. The number of hydrogen-bond donors (Lipinski definition) is 2. The van der Waals surface area contributed by atoms with Gasteiger partial charge in [-0.15, -0.1) is 0 Å². The van der Waals surface area contributed by atoms with E-state index in [0.717, 1.165) is 0 Å². The van der Waals surface area contributed by atoms with E-state index in [9.17, 15) is 15.2 Å². The summed E-state index contributed by atoms with van der Waals surface area (Å²) in [6.07, 6.45) is 1.36. The minimum absolute atomic E-state index is 0.191. The number of nitrogens with one attached hydrogen (secondary N) is 1. The Balaban J connectivity index is 2.61. The standard InChI is InChI=1S/C9H13N3O3/c1-9(2,13)6-11-7-3-4-8(10-5-7)12(14)15/h3-5,11,13H,6H2,1-2H3. The summed E-state index contributed by atoms with van der Waals surface area (Å²) in [5, 5.41) is 22.7. The van der Waals surface area contributed by atoms with Crippen LogP contribution in [0.2, 0.25) is 0 Å². The molecule has 6 heteroatoms. The van der Waals surface area contributed by atoms with Gasteiger partial charge in [0.25, 0.3) is 0 Å². The highest BCUT2D eigenvalue weighted by molar-refractivity contribution is 5.43. The molecular formula is C9H13N3O3. The highest BCUT2D eigenvalue weighted by Crippen LogP contribution is 2.12. The Morgan fingerprint density at radius 3 is 2.67 bits per heavy atom. The van der Waals surface area contributed by atoms with Crippen molar-refractivity contribution in [3.63, 3.8) is 0 Å². The van der Waals surface area contributed by atoms with Crippen molar-refractivity contribution in [2.75, 3.05) is 11.9 Å². The molecule has 0 atom stereocenters. The minimum atomic E-state index is -0.832. The second kappa shape index (κ2) is 4.22. The zero-order valence-corrected chi connectivity index (χ0v) is 8.60. The number of nitro groups is 1. The van der Waals surface area contributed by atoms with Gasteiger partial charge in [-0.3, -0.25) is 0 Å². The van der Waals surface area contributed by atoms with Gasteiger partial charge in [-0.1, -0.05) is 0 Å². The second-order valence-corrected chi connectivity index (χ2v) is 3.83. The van der Waals surface area contributed by atoms with Crippen LogP contribution in [0.1, 0.15) is 13.8 Å². The quantitative estimate of drug-likeness (QED) is 0.576. The number of aliphatic hydroxyl groups is 1. The first-order valence-electron chi connectivity index (χ1n) is 4.45. The smallest absolute Gasteiger partial charge is 0.363 e. The lowest BCUT2D eigenvalue weighted by Crippen LogP contribution is -2.29. The van der Waals surface area contributed by atoms with Crippen molar-refractivity contribution in [2.45, 2.75) is 19.4 Å². The predicted octanol–water partition coefficient (Wildman–Crippen LogP) is 1.17. The second-order valence-electron chi connectivity index (χ2n) is 3.83. The molecule has 6 nitrogen and oxygen atoms in total. The first-order chi connectivity index (χ1) is 6.88. The van der Waals surface area contributed by atoms with Crippen LogP contribution in [0.15, 0.2) is 18.3 Å². The molecule has 0 radical (unpaired) electrons. The van der Waals surface area contributed by atoms with Gasteiger partial charge in [0.15, 0.2) is 6.20 Å². The molecule has 1 heterocycles. The van der Waals surface area contributed by atoms with E-state index in [-0.39, 0.29) is 5.82 Å². The summed E-state index contributed by atoms with van der Waals surface area (Å²) >= 11 is 0. The molecule has 2 N–H and O–H groups in total. The molecule has 0 saturated heterocycles. The van der Waals surface area contributed by atoms with Crippen molar-refractivity contribution in [3.8, 4) is 0 Å². The molecule has 15 heavy (non-hydrogen) atoms. The SMILES string of the molecule is CC(C)(O)CNc1ccc([N+](=O)[O-])nc1. The van der Waals surface area contributed by atoms with E-state index in [1.807, 2.05) is 0 Å². The summed E-state index contributed by atoms with van der Waals surface area (Å²) < 4.78 is 0. The Labute approximate surface area is 87.1 Å². The van der Waals surface area contributed by atoms with Crippen LogP contribution < -0.4 is 5.32 Å². The summed E-state index contributed by atoms with van der Waals surface area (Å²) in [4.78, 5) is 13.4. The Hall–Kier alpha value is -1.69. The lowest BCUT2D eigenvalue weighted by molar-refractivity contribution is -0.389. The molecule has 0 spiro atoms. The van der Waals surface area contributed by atoms with Crippen LogP contribution in [0.5, 0.6) is 0 Å². The molecule has 0 aliphatic carbocycles. The normalized spacial score (nSPS) is 11.1. The number of rotatable bonds is 4. The van der Waals surface area contributed by atoms with Crippen LogP contribution in [0, 0.1) is 10.1 Å². The number of aromatic nitrogens is 1. The molecule has 1 aromatic heterocycles. The molecule has 1 rings (SSSR count). The molecule has 0 amide bonds. The predicted molar refractivity (Wildman–Crippen MR) is 55.7 cm³/mol. The van der Waals surface area contributed by atoms with Crippen molar-refractivity contribution in [2.24, 2.45) is 0 Å². The van der Waals surface area contributed by atoms with Crippen LogP contribution in [0.3, 0.4) is 0 Å². The number of anilines is 1. The Kier molecular flexibility index (Phi) is 3.21. The summed E-state index contributed by atoms with van der Waals surface area (Å²) in [5.74, 6) is -0.191. The zero-order valence-electron chi connectivity index (χ0n) is 8.60. The van der Waals surface area contributed by atoms with Crippen molar-refractivity contribution >= 4 is 11.5 Å². The number of nitrogens with zero attached hydrogens (tertiary/aromatic N) is 2. The third kappa shape index (κ3) is 3.90. The van der Waals surface area contributed by atoms with Gasteiger partial charge in [-0.2, -0.15) is 0 Å². The van der Waals surface area contributed by atoms with Gasteiger partial charge in [0.2, 0.25) is 0 Å². The lowest BCUT2D eigenvalue weighted by Gasteiger charge is -2.17. The zero-order chi connectivity index (χ0) is 11.5. The van der Waals surface area contributed by atoms with Gasteiger partial charge in [-0.05, 0) is 29.8 Å². The lowest BCUT2D eigenvalue weighted by atomic mass is 10.1. The molecule has 0 bridgehead atoms. The van der Waals surface area contributed by atoms with E-state index in [1.165, 1.54) is 12.3 Å². The molecule has 0 aromatic carbocycles. The van der Waals surface area contributed by atoms with Gasteiger partial charge in [0, 0.05) is 12.6 Å². The van der Waals surface area contributed by atoms with E-state index >= 15 is 0 Å². The number of hydrogen-bond acceptors (Lipinski definition) is 5. The molecule has 0 unspecified atom stereocenters. The van der Waals surface area contributed by atoms with Gasteiger partial charge in [0.05, 0.1) is 11.3 Å². The maximum absolute atomic E-state index is 10.3. The van der Waals surface area contributed by atoms with E-state index in [4.69, 9.17) is 0 Å². The fraction of sp³-hybridized carbons (Fsp3) is 0.444. The van der Waals surface area contributed by atoms with Gasteiger partial charge in [-0.25, -0.2) is 0 Å². The molecule has 0 aliphatic heterocycles.